The molecule has 3 rings (SSSR count). The van der Waals surface area contributed by atoms with E-state index >= 15 is 0 Å². The summed E-state index contributed by atoms with van der Waals surface area (Å²) in [5, 5.41) is 9.94. The summed E-state index contributed by atoms with van der Waals surface area (Å²) in [5.74, 6) is -0.0686. The molecule has 0 aliphatic carbocycles. The van der Waals surface area contributed by atoms with Gasteiger partial charge in [-0.05, 0) is 18.1 Å². The van der Waals surface area contributed by atoms with Gasteiger partial charge in [0.2, 0.25) is 11.8 Å². The Bertz CT molecular complexity index is 698. The molecule has 0 radical (unpaired) electrons. The van der Waals surface area contributed by atoms with E-state index in [1.165, 1.54) is 0 Å². The lowest BCUT2D eigenvalue weighted by molar-refractivity contribution is -0.131. The van der Waals surface area contributed by atoms with Crippen molar-refractivity contribution in [3.63, 3.8) is 0 Å². The van der Waals surface area contributed by atoms with Gasteiger partial charge in [0.15, 0.2) is 0 Å². The highest BCUT2D eigenvalue weighted by Gasteiger charge is 2.43. The Hall–Kier alpha value is -2.63. The standard InChI is InChI=1S/C17H20N4O2/c1-21-14(8-10-20-21)11-18-16(23)17(9-7-15(22)19-12-17)13-5-3-2-4-6-13/h2-6,8,10H,7,9,11-12H2,1H3,(H,18,23)(H,19,22)/t17-/m1/s1. The summed E-state index contributed by atoms with van der Waals surface area (Å²) < 4.78 is 1.73. The third-order valence-electron chi connectivity index (χ3n) is 4.48. The average Bonchev–Trinajstić information content (AvgIpc) is 2.99. The van der Waals surface area contributed by atoms with Crippen LogP contribution in [0.4, 0.5) is 0 Å². The van der Waals surface area contributed by atoms with E-state index in [1.807, 2.05) is 43.4 Å². The molecule has 1 aliphatic heterocycles. The minimum atomic E-state index is -0.715. The number of aromatic nitrogens is 2. The van der Waals surface area contributed by atoms with Crippen LogP contribution in [0.25, 0.3) is 0 Å². The molecule has 2 amide bonds. The van der Waals surface area contributed by atoms with Crippen molar-refractivity contribution in [3.8, 4) is 0 Å². The topological polar surface area (TPSA) is 76.0 Å². The van der Waals surface area contributed by atoms with Crippen LogP contribution in [0.15, 0.2) is 42.6 Å². The number of carbonyl (C=O) groups is 2. The van der Waals surface area contributed by atoms with Crippen LogP contribution in [0.2, 0.25) is 0 Å². The van der Waals surface area contributed by atoms with Crippen LogP contribution in [0, 0.1) is 0 Å². The van der Waals surface area contributed by atoms with E-state index in [0.717, 1.165) is 11.3 Å². The molecule has 6 heteroatoms. The number of piperidine rings is 1. The lowest BCUT2D eigenvalue weighted by Crippen LogP contribution is -2.55. The van der Waals surface area contributed by atoms with Crippen molar-refractivity contribution in [1.82, 2.24) is 20.4 Å². The Morgan fingerprint density at radius 3 is 2.74 bits per heavy atom. The lowest BCUT2D eigenvalue weighted by atomic mass is 9.73. The summed E-state index contributed by atoms with van der Waals surface area (Å²) in [6.45, 7) is 0.741. The number of nitrogens with one attached hydrogen (secondary N) is 2. The van der Waals surface area contributed by atoms with Gasteiger partial charge >= 0.3 is 0 Å². The van der Waals surface area contributed by atoms with Gasteiger partial charge in [0.05, 0.1) is 17.7 Å². The maximum absolute atomic E-state index is 12.9. The fourth-order valence-electron chi connectivity index (χ4n) is 3.00. The van der Waals surface area contributed by atoms with Crippen molar-refractivity contribution in [2.24, 2.45) is 7.05 Å². The Morgan fingerprint density at radius 1 is 1.35 bits per heavy atom. The molecule has 0 unspecified atom stereocenters. The molecule has 1 saturated heterocycles. The summed E-state index contributed by atoms with van der Waals surface area (Å²) in [5.41, 5.74) is 1.15. The van der Waals surface area contributed by atoms with E-state index in [0.29, 0.717) is 25.9 Å². The number of aryl methyl sites for hydroxylation is 1. The van der Waals surface area contributed by atoms with Gasteiger partial charge in [-0.3, -0.25) is 14.3 Å². The molecule has 0 bridgehead atoms. The highest BCUT2D eigenvalue weighted by Crippen LogP contribution is 2.32. The molecular formula is C17H20N4O2. The summed E-state index contributed by atoms with van der Waals surface area (Å²) >= 11 is 0. The zero-order valence-corrected chi connectivity index (χ0v) is 13.1. The third kappa shape index (κ3) is 2.97. The van der Waals surface area contributed by atoms with Gasteiger partial charge in [-0.2, -0.15) is 5.10 Å². The molecule has 2 heterocycles. The zero-order chi connectivity index (χ0) is 16.3. The van der Waals surface area contributed by atoms with E-state index < -0.39 is 5.41 Å². The van der Waals surface area contributed by atoms with Crippen molar-refractivity contribution < 1.29 is 9.59 Å². The van der Waals surface area contributed by atoms with Gasteiger partial charge < -0.3 is 10.6 Å². The van der Waals surface area contributed by atoms with Crippen LogP contribution in [0.1, 0.15) is 24.1 Å². The van der Waals surface area contributed by atoms with Crippen LogP contribution >= 0.6 is 0 Å². The average molecular weight is 312 g/mol. The molecule has 1 fully saturated rings. The van der Waals surface area contributed by atoms with Gasteiger partial charge in [0, 0.05) is 26.2 Å². The summed E-state index contributed by atoms with van der Waals surface area (Å²) in [7, 11) is 1.84. The number of rotatable bonds is 4. The first-order valence-electron chi connectivity index (χ1n) is 7.69. The molecular weight excluding hydrogens is 292 g/mol. The van der Waals surface area contributed by atoms with Crippen molar-refractivity contribution in [3.05, 3.63) is 53.9 Å². The summed E-state index contributed by atoms with van der Waals surface area (Å²) in [4.78, 5) is 24.5. The zero-order valence-electron chi connectivity index (χ0n) is 13.1. The van der Waals surface area contributed by atoms with E-state index in [4.69, 9.17) is 0 Å². The van der Waals surface area contributed by atoms with E-state index in [9.17, 15) is 9.59 Å². The first-order chi connectivity index (χ1) is 11.1. The molecule has 23 heavy (non-hydrogen) atoms. The number of benzene rings is 1. The molecule has 120 valence electrons. The van der Waals surface area contributed by atoms with Gasteiger partial charge in [-0.25, -0.2) is 0 Å². The predicted molar refractivity (Wildman–Crippen MR) is 85.4 cm³/mol. The Morgan fingerprint density at radius 2 is 2.13 bits per heavy atom. The molecule has 1 aromatic carbocycles. The Kier molecular flexibility index (Phi) is 4.14. The summed E-state index contributed by atoms with van der Waals surface area (Å²) in [6, 6.07) is 11.5. The monoisotopic (exact) mass is 312 g/mol. The first kappa shape index (κ1) is 15.3. The van der Waals surface area contributed by atoms with E-state index in [2.05, 4.69) is 15.7 Å². The lowest BCUT2D eigenvalue weighted by Gasteiger charge is -2.36. The fraction of sp³-hybridized carbons (Fsp3) is 0.353. The Labute approximate surface area is 134 Å². The largest absolute Gasteiger partial charge is 0.355 e. The highest BCUT2D eigenvalue weighted by molar-refractivity contribution is 5.91. The number of carbonyl (C=O) groups excluding carboxylic acids is 2. The quantitative estimate of drug-likeness (QED) is 0.880. The van der Waals surface area contributed by atoms with Crippen LogP contribution in [0.3, 0.4) is 0 Å². The number of hydrogen-bond acceptors (Lipinski definition) is 3. The maximum atomic E-state index is 12.9. The van der Waals surface area contributed by atoms with Gasteiger partial charge in [-0.1, -0.05) is 30.3 Å². The van der Waals surface area contributed by atoms with Gasteiger partial charge in [0.1, 0.15) is 0 Å². The van der Waals surface area contributed by atoms with Crippen LogP contribution in [-0.4, -0.2) is 28.1 Å². The summed E-state index contributed by atoms with van der Waals surface area (Å²) in [6.07, 6.45) is 2.57. The first-order valence-corrected chi connectivity index (χ1v) is 7.69. The number of hydrogen-bond donors (Lipinski definition) is 2. The minimum Gasteiger partial charge on any atom is -0.355 e. The molecule has 0 saturated carbocycles. The molecule has 6 nitrogen and oxygen atoms in total. The van der Waals surface area contributed by atoms with Gasteiger partial charge in [-0.15, -0.1) is 0 Å². The van der Waals surface area contributed by atoms with Gasteiger partial charge in [0.25, 0.3) is 0 Å². The van der Waals surface area contributed by atoms with Crippen molar-refractivity contribution in [2.75, 3.05) is 6.54 Å². The van der Waals surface area contributed by atoms with E-state index in [-0.39, 0.29) is 11.8 Å². The number of amides is 2. The SMILES string of the molecule is Cn1nccc1CNC(=O)[C@]1(c2ccccc2)CCC(=O)NC1. The fourth-order valence-corrected chi connectivity index (χ4v) is 3.00. The molecule has 0 spiro atoms. The molecule has 1 aromatic heterocycles. The van der Waals surface area contributed by atoms with Crippen LogP contribution in [-0.2, 0) is 28.6 Å². The molecule has 2 aromatic rings. The predicted octanol–water partition coefficient (Wildman–Crippen LogP) is 0.884. The van der Waals surface area contributed by atoms with Crippen LogP contribution in [0.5, 0.6) is 0 Å². The van der Waals surface area contributed by atoms with Crippen LogP contribution < -0.4 is 10.6 Å². The van der Waals surface area contributed by atoms with Crippen molar-refractivity contribution in [2.45, 2.75) is 24.8 Å². The highest BCUT2D eigenvalue weighted by atomic mass is 16.2. The normalized spacial score (nSPS) is 20.8. The number of nitrogens with zero attached hydrogens (tertiary/aromatic N) is 2. The molecule has 2 N–H and O–H groups in total. The molecule has 1 aliphatic rings. The van der Waals surface area contributed by atoms with Crippen molar-refractivity contribution in [1.29, 1.82) is 0 Å². The third-order valence-corrected chi connectivity index (χ3v) is 4.48. The second kappa shape index (κ2) is 6.24. The van der Waals surface area contributed by atoms with E-state index in [1.54, 1.807) is 10.9 Å². The second-order valence-electron chi connectivity index (χ2n) is 5.85. The van der Waals surface area contributed by atoms with Crippen molar-refractivity contribution >= 4 is 11.8 Å². The molecule has 1 atom stereocenters. The smallest absolute Gasteiger partial charge is 0.232 e. The maximum Gasteiger partial charge on any atom is 0.232 e. The Balaban J connectivity index is 1.82. The second-order valence-corrected chi connectivity index (χ2v) is 5.85. The minimum absolute atomic E-state index is 0.00371.